The largest absolute Gasteiger partial charge is 0.495 e. The molecule has 624 valence electrons. The van der Waals surface area contributed by atoms with Crippen molar-refractivity contribution in [2.75, 3.05) is 144 Å². The predicted molar refractivity (Wildman–Crippen MR) is 435 cm³/mol. The third-order valence-electron chi connectivity index (χ3n) is 16.2. The predicted octanol–water partition coefficient (Wildman–Crippen LogP) is 11.8. The summed E-state index contributed by atoms with van der Waals surface area (Å²) >= 11 is 12.0. The number of ether oxygens (including phenoxy) is 10. The molecule has 0 aliphatic carbocycles. The molecule has 12 rings (SSSR count). The summed E-state index contributed by atoms with van der Waals surface area (Å²) in [7, 11) is -2.87. The Bertz CT molecular complexity index is 5310. The number of hydrogen-bond acceptors (Lipinski definition) is 34. The van der Waals surface area contributed by atoms with Gasteiger partial charge in [-0.15, -0.1) is 0 Å². The van der Waals surface area contributed by atoms with E-state index < -0.39 is 35.3 Å². The van der Waals surface area contributed by atoms with E-state index in [0.29, 0.717) is 136 Å². The van der Waals surface area contributed by atoms with Crippen molar-refractivity contribution in [2.45, 2.75) is 59.5 Å². The van der Waals surface area contributed by atoms with Crippen LogP contribution in [0.15, 0.2) is 110 Å². The first-order valence-corrected chi connectivity index (χ1v) is 44.9. The lowest BCUT2D eigenvalue weighted by Gasteiger charge is -2.15. The van der Waals surface area contributed by atoms with E-state index in [2.05, 4.69) is 59.8 Å². The van der Waals surface area contributed by atoms with E-state index in [4.69, 9.17) is 112 Å². The van der Waals surface area contributed by atoms with Crippen LogP contribution in [0.2, 0.25) is 10.0 Å². The normalized spacial score (nSPS) is 13.4. The van der Waals surface area contributed by atoms with Crippen LogP contribution in [0.3, 0.4) is 0 Å². The smallest absolute Gasteiger partial charge is 0.246 e. The molecule has 0 saturated carbocycles. The molecule has 4 aromatic carbocycles. The number of anilines is 4. The standard InChI is InChI=1S/C18H23ClN5O5P.C18H23FN5O5P.C18H24N5O4P.C17H21ClN5O4P/c2*1-26-14-5-4-12(8-13(14)19)9-29-30(3,25)11-28-7-6-24-10-21-15-16(24)22-18(20)23-17(15)27-2;1-13-4-6-14(7-5-13)10-27-28(3,24)12-26-9-8-23-11-20-15-16(23)21-18(19)22-17(15)25-2;1-25-16-14-15(21-17(19)22-16)23(10-20-14)6-7-26-11-28(2,24)27-9-12-4-3-5-13(18)8-12/h2*4-5,8,10H,6-7,9,11H2,1-3H3,(H2,20,22,23);4-7,11H,8-10,12H2,1-3H3,(H2,19,21,22);3-5,8,10H,6-7,9,11H2,1-2H3,(H2,19,21,22). The average Bonchev–Trinajstić information content (AvgIpc) is 1.66. The van der Waals surface area contributed by atoms with Crippen molar-refractivity contribution >= 4 is 121 Å². The summed E-state index contributed by atoms with van der Waals surface area (Å²) in [6.45, 7) is 11.7. The van der Waals surface area contributed by atoms with E-state index in [9.17, 15) is 22.7 Å². The number of fused-ring (bicyclic) bond motifs is 4. The van der Waals surface area contributed by atoms with Gasteiger partial charge in [0, 0.05) is 57.9 Å². The highest BCUT2D eigenvalue weighted by molar-refractivity contribution is 7.58. The van der Waals surface area contributed by atoms with Gasteiger partial charge in [-0.25, -0.2) is 24.3 Å². The Balaban J connectivity index is 0.000000177. The second-order valence-corrected chi connectivity index (χ2v) is 36.7. The summed E-state index contributed by atoms with van der Waals surface area (Å²) < 4.78 is 146. The number of rotatable bonds is 38. The monoisotopic (exact) mass is 1720 g/mol. The number of methoxy groups -OCH3 is 6. The first kappa shape index (κ1) is 90.1. The van der Waals surface area contributed by atoms with Crippen molar-refractivity contribution in [1.29, 1.82) is 0 Å². The molecule has 4 atom stereocenters. The SMILES string of the molecule is COc1ccc(COP(C)(=O)COCCn2cnc3c(OC)nc(N)nc32)cc1Cl.COc1ccc(COP(C)(=O)COCCn2cnc3c(OC)nc(N)nc32)cc1F.COc1nc(N)nc2c1ncn2CCOCP(C)(=O)OCc1ccc(C)cc1.COc1nc(N)nc2c1ncn2CCOCP(C)(=O)OCc1cccc(Cl)c1. The van der Waals surface area contributed by atoms with Gasteiger partial charge in [0.15, 0.2) is 56.2 Å². The molecule has 8 heterocycles. The fourth-order valence-corrected chi connectivity index (χ4v) is 14.8. The Hall–Kier alpha value is -9.81. The molecule has 0 fully saturated rings. The molecule has 0 amide bonds. The van der Waals surface area contributed by atoms with Gasteiger partial charge in [0.25, 0.3) is 0 Å². The van der Waals surface area contributed by atoms with Crippen LogP contribution in [0.1, 0.15) is 27.8 Å². The highest BCUT2D eigenvalue weighted by Gasteiger charge is 2.24. The third kappa shape index (κ3) is 26.6. The zero-order valence-corrected chi connectivity index (χ0v) is 70.5. The molecule has 45 heteroatoms. The highest BCUT2D eigenvalue weighted by Crippen LogP contribution is 2.46. The lowest BCUT2D eigenvalue weighted by Crippen LogP contribution is -2.08. The lowest BCUT2D eigenvalue weighted by molar-refractivity contribution is 0.153. The Morgan fingerprint density at radius 3 is 0.983 bits per heavy atom. The number of aryl methyl sites for hydroxylation is 1. The van der Waals surface area contributed by atoms with Gasteiger partial charge in [0.1, 0.15) is 31.1 Å². The van der Waals surface area contributed by atoms with Gasteiger partial charge < -0.3 is 107 Å². The first-order valence-electron chi connectivity index (χ1n) is 35.1. The number of imidazole rings is 4. The van der Waals surface area contributed by atoms with Crippen molar-refractivity contribution in [1.82, 2.24) is 78.1 Å². The quantitative estimate of drug-likeness (QED) is 0.0206. The Morgan fingerprint density at radius 2 is 0.681 bits per heavy atom. The zero-order valence-electron chi connectivity index (χ0n) is 65.4. The van der Waals surface area contributed by atoms with Crippen molar-refractivity contribution < 1.29 is 88.1 Å². The second kappa shape index (κ2) is 42.4. The molecule has 0 radical (unpaired) electrons. The summed E-state index contributed by atoms with van der Waals surface area (Å²) in [5.74, 6) is 1.80. The summed E-state index contributed by atoms with van der Waals surface area (Å²) in [4.78, 5) is 49.6. The van der Waals surface area contributed by atoms with Gasteiger partial charge in [-0.1, -0.05) is 77.3 Å². The summed E-state index contributed by atoms with van der Waals surface area (Å²) in [5, 5.41) is 1.08. The Morgan fingerprint density at radius 1 is 0.379 bits per heavy atom. The van der Waals surface area contributed by atoms with Gasteiger partial charge in [-0.2, -0.15) is 39.9 Å². The minimum absolute atomic E-state index is 0.000200. The minimum Gasteiger partial charge on any atom is -0.495 e. The maximum Gasteiger partial charge on any atom is 0.246 e. The molecular formula is C71H91Cl2FN20O18P4. The van der Waals surface area contributed by atoms with Gasteiger partial charge in [0.2, 0.25) is 76.8 Å². The molecule has 8 aromatic heterocycles. The number of benzene rings is 4. The first-order chi connectivity index (χ1) is 55.4. The Labute approximate surface area is 676 Å². The fraction of sp³-hybridized carbons (Fsp3) is 0.380. The minimum atomic E-state index is -3.03. The molecular weight excluding hydrogens is 1630 g/mol. The van der Waals surface area contributed by atoms with Gasteiger partial charge in [0.05, 0.1) is 126 Å². The van der Waals surface area contributed by atoms with Gasteiger partial charge in [-0.3, -0.25) is 18.3 Å². The van der Waals surface area contributed by atoms with E-state index in [0.717, 1.165) is 16.7 Å². The molecule has 0 bridgehead atoms. The molecule has 38 nitrogen and oxygen atoms in total. The number of hydrogen-bond donors (Lipinski definition) is 4. The molecule has 8 N–H and O–H groups in total. The van der Waals surface area contributed by atoms with Crippen LogP contribution in [0.4, 0.5) is 28.2 Å². The van der Waals surface area contributed by atoms with Crippen molar-refractivity contribution in [3.63, 3.8) is 0 Å². The molecule has 0 aliphatic heterocycles. The maximum absolute atomic E-state index is 13.7. The zero-order chi connectivity index (χ0) is 83.7. The lowest BCUT2D eigenvalue weighted by atomic mass is 10.2. The van der Waals surface area contributed by atoms with Crippen LogP contribution >= 0.6 is 52.7 Å². The van der Waals surface area contributed by atoms with E-state index in [1.807, 2.05) is 43.3 Å². The van der Waals surface area contributed by atoms with Crippen LogP contribution in [0.25, 0.3) is 44.7 Å². The molecule has 4 unspecified atom stereocenters. The number of aromatic nitrogens is 16. The fourth-order valence-electron chi connectivity index (χ4n) is 10.4. The summed E-state index contributed by atoms with van der Waals surface area (Å²) in [6.07, 6.45) is 6.32. The Kier molecular flexibility index (Phi) is 32.9. The number of nitrogens with zero attached hydrogens (tertiary/aromatic N) is 16. The summed E-state index contributed by atoms with van der Waals surface area (Å²) in [5.41, 5.74) is 31.3. The van der Waals surface area contributed by atoms with Crippen molar-refractivity contribution in [3.8, 4) is 35.0 Å². The topological polar surface area (TPSA) is 476 Å². The highest BCUT2D eigenvalue weighted by atomic mass is 35.5. The third-order valence-corrected chi connectivity index (χ3v) is 22.1. The van der Waals surface area contributed by atoms with Crippen molar-refractivity contribution in [2.24, 2.45) is 0 Å². The van der Waals surface area contributed by atoms with Crippen LogP contribution in [-0.2, 0) is 108 Å². The van der Waals surface area contributed by atoms with Crippen LogP contribution in [-0.4, -0.2) is 199 Å². The summed E-state index contributed by atoms with van der Waals surface area (Å²) in [6, 6.07) is 24.8. The molecule has 0 spiro atoms. The van der Waals surface area contributed by atoms with E-state index in [1.54, 1.807) is 100 Å². The molecule has 0 saturated heterocycles. The van der Waals surface area contributed by atoms with Crippen LogP contribution < -0.4 is 51.4 Å². The maximum atomic E-state index is 13.7. The van der Waals surface area contributed by atoms with E-state index in [1.165, 1.54) is 66.6 Å². The number of nitrogens with two attached hydrogens (primary N) is 4. The van der Waals surface area contributed by atoms with E-state index >= 15 is 0 Å². The average molecular weight is 1730 g/mol. The van der Waals surface area contributed by atoms with Gasteiger partial charge in [-0.05, 0) is 65.6 Å². The molecule has 0 aliphatic rings. The molecule has 12 aromatic rings. The number of halogens is 3. The van der Waals surface area contributed by atoms with Crippen LogP contribution in [0.5, 0.6) is 35.0 Å². The van der Waals surface area contributed by atoms with E-state index in [-0.39, 0.29) is 88.0 Å². The molecule has 116 heavy (non-hydrogen) atoms. The second-order valence-electron chi connectivity index (χ2n) is 25.7. The van der Waals surface area contributed by atoms with Crippen molar-refractivity contribution in [3.05, 3.63) is 154 Å². The van der Waals surface area contributed by atoms with Gasteiger partial charge >= 0.3 is 0 Å². The number of nitrogen functional groups attached to an aromatic ring is 4. The van der Waals surface area contributed by atoms with Crippen LogP contribution in [0, 0.1) is 12.7 Å².